The predicted octanol–water partition coefficient (Wildman–Crippen LogP) is 4.73. The third-order valence-corrected chi connectivity index (χ3v) is 4.81. The molecule has 3 heteroatoms. The maximum Gasteiger partial charge on any atom is 0.119 e. The van der Waals surface area contributed by atoms with Crippen LogP contribution in [0.5, 0.6) is 5.75 Å². The number of ether oxygens (including phenoxy) is 1. The number of unbranched alkanes of at least 4 members (excludes halogenated alkanes) is 1. The molecule has 1 heterocycles. The highest BCUT2D eigenvalue weighted by atomic mass is 32.1. The van der Waals surface area contributed by atoms with E-state index >= 15 is 0 Å². The van der Waals surface area contributed by atoms with Crippen molar-refractivity contribution in [1.29, 1.82) is 0 Å². The van der Waals surface area contributed by atoms with Crippen molar-refractivity contribution in [2.45, 2.75) is 45.6 Å². The fourth-order valence-corrected chi connectivity index (χ4v) is 3.22. The number of hydrogen-bond acceptors (Lipinski definition) is 3. The first-order valence-electron chi connectivity index (χ1n) is 7.78. The summed E-state index contributed by atoms with van der Waals surface area (Å²) >= 11 is 1.87. The highest BCUT2D eigenvalue weighted by Gasteiger charge is 2.09. The molecule has 2 rings (SSSR count). The van der Waals surface area contributed by atoms with Gasteiger partial charge in [-0.3, -0.25) is 0 Å². The van der Waals surface area contributed by atoms with Gasteiger partial charge in [0, 0.05) is 22.2 Å². The zero-order valence-corrected chi connectivity index (χ0v) is 13.8. The van der Waals surface area contributed by atoms with Crippen LogP contribution < -0.4 is 10.5 Å². The minimum absolute atomic E-state index is 0.0537. The summed E-state index contributed by atoms with van der Waals surface area (Å²) in [5, 5.41) is 0. The van der Waals surface area contributed by atoms with Crippen molar-refractivity contribution < 1.29 is 4.74 Å². The van der Waals surface area contributed by atoms with E-state index in [-0.39, 0.29) is 6.04 Å². The van der Waals surface area contributed by atoms with Crippen LogP contribution in [0.25, 0.3) is 0 Å². The van der Waals surface area contributed by atoms with Gasteiger partial charge in [0.2, 0.25) is 0 Å². The average molecular weight is 303 g/mol. The lowest BCUT2D eigenvalue weighted by Gasteiger charge is -2.12. The maximum atomic E-state index is 6.32. The predicted molar refractivity (Wildman–Crippen MR) is 91.2 cm³/mol. The minimum atomic E-state index is 0.0537. The van der Waals surface area contributed by atoms with E-state index in [1.807, 2.05) is 23.5 Å². The van der Waals surface area contributed by atoms with Crippen molar-refractivity contribution in [3.63, 3.8) is 0 Å². The highest BCUT2D eigenvalue weighted by molar-refractivity contribution is 7.11. The van der Waals surface area contributed by atoms with Crippen LogP contribution >= 0.6 is 11.3 Å². The standard InChI is InChI=1S/C18H25NOS/c1-3-5-12-20-15-8-6-14(7-9-15)18(19)13-17-11-10-16(4-2)21-17/h6-11,18H,3-5,12-13,19H2,1-2H3. The fraction of sp³-hybridized carbons (Fsp3) is 0.444. The second kappa shape index (κ2) is 8.20. The Labute approximate surface area is 132 Å². The Kier molecular flexibility index (Phi) is 6.27. The van der Waals surface area contributed by atoms with Gasteiger partial charge in [-0.2, -0.15) is 0 Å². The molecule has 2 nitrogen and oxygen atoms in total. The first-order chi connectivity index (χ1) is 10.2. The molecule has 114 valence electrons. The van der Waals surface area contributed by atoms with E-state index in [2.05, 4.69) is 38.1 Å². The summed E-state index contributed by atoms with van der Waals surface area (Å²) in [7, 11) is 0. The summed E-state index contributed by atoms with van der Waals surface area (Å²) in [6.07, 6.45) is 4.26. The van der Waals surface area contributed by atoms with Crippen LogP contribution in [0.1, 0.15) is 48.0 Å². The fourth-order valence-electron chi connectivity index (χ4n) is 2.20. The molecule has 0 aliphatic heterocycles. The Balaban J connectivity index is 1.91. The van der Waals surface area contributed by atoms with Gasteiger partial charge in [0.1, 0.15) is 5.75 Å². The number of nitrogens with two attached hydrogens (primary N) is 1. The molecule has 1 aromatic heterocycles. The minimum Gasteiger partial charge on any atom is -0.494 e. The Bertz CT molecular complexity index is 532. The Morgan fingerprint density at radius 1 is 1.05 bits per heavy atom. The second-order valence-corrected chi connectivity index (χ2v) is 6.56. The van der Waals surface area contributed by atoms with Gasteiger partial charge >= 0.3 is 0 Å². The van der Waals surface area contributed by atoms with Gasteiger partial charge in [-0.05, 0) is 42.7 Å². The van der Waals surface area contributed by atoms with Crippen LogP contribution in [0.2, 0.25) is 0 Å². The number of rotatable bonds is 8. The van der Waals surface area contributed by atoms with Crippen molar-refractivity contribution >= 4 is 11.3 Å². The molecule has 21 heavy (non-hydrogen) atoms. The van der Waals surface area contributed by atoms with Crippen LogP contribution in [-0.2, 0) is 12.8 Å². The largest absolute Gasteiger partial charge is 0.494 e. The zero-order chi connectivity index (χ0) is 15.1. The summed E-state index contributed by atoms with van der Waals surface area (Å²) in [6, 6.07) is 12.7. The van der Waals surface area contributed by atoms with E-state index in [1.165, 1.54) is 15.3 Å². The molecule has 0 aliphatic rings. The van der Waals surface area contributed by atoms with Crippen molar-refractivity contribution in [3.8, 4) is 5.75 Å². The Morgan fingerprint density at radius 3 is 2.38 bits per heavy atom. The molecule has 0 saturated heterocycles. The van der Waals surface area contributed by atoms with Crippen LogP contribution in [0.15, 0.2) is 36.4 Å². The normalized spacial score (nSPS) is 12.3. The first kappa shape index (κ1) is 16.1. The quantitative estimate of drug-likeness (QED) is 0.715. The van der Waals surface area contributed by atoms with Crippen LogP contribution in [0.3, 0.4) is 0 Å². The molecule has 2 aromatic rings. The molecule has 0 radical (unpaired) electrons. The summed E-state index contributed by atoms with van der Waals surface area (Å²) in [5.41, 5.74) is 7.49. The molecule has 1 atom stereocenters. The Morgan fingerprint density at radius 2 is 1.76 bits per heavy atom. The van der Waals surface area contributed by atoms with Gasteiger partial charge in [-0.25, -0.2) is 0 Å². The molecule has 0 spiro atoms. The smallest absolute Gasteiger partial charge is 0.119 e. The van der Waals surface area contributed by atoms with E-state index in [1.54, 1.807) is 0 Å². The summed E-state index contributed by atoms with van der Waals surface area (Å²) in [6.45, 7) is 5.14. The van der Waals surface area contributed by atoms with Crippen LogP contribution in [0.4, 0.5) is 0 Å². The zero-order valence-electron chi connectivity index (χ0n) is 13.0. The molecule has 0 amide bonds. The van der Waals surface area contributed by atoms with Crippen molar-refractivity contribution in [3.05, 3.63) is 51.7 Å². The topological polar surface area (TPSA) is 35.2 Å². The van der Waals surface area contributed by atoms with Crippen LogP contribution in [0, 0.1) is 0 Å². The number of benzene rings is 1. The third kappa shape index (κ3) is 4.87. The lowest BCUT2D eigenvalue weighted by atomic mass is 10.0. The molecular weight excluding hydrogens is 278 g/mol. The summed E-state index contributed by atoms with van der Waals surface area (Å²) in [5.74, 6) is 0.934. The molecular formula is C18H25NOS. The molecule has 0 fully saturated rings. The SMILES string of the molecule is CCCCOc1ccc(C(N)Cc2ccc(CC)s2)cc1. The van der Waals surface area contributed by atoms with Gasteiger partial charge < -0.3 is 10.5 Å². The van der Waals surface area contributed by atoms with E-state index in [4.69, 9.17) is 10.5 Å². The third-order valence-electron chi connectivity index (χ3n) is 3.56. The average Bonchev–Trinajstić information content (AvgIpc) is 2.96. The molecule has 2 N–H and O–H groups in total. The van der Waals surface area contributed by atoms with Gasteiger partial charge in [0.25, 0.3) is 0 Å². The first-order valence-corrected chi connectivity index (χ1v) is 8.60. The lowest BCUT2D eigenvalue weighted by molar-refractivity contribution is 0.309. The highest BCUT2D eigenvalue weighted by Crippen LogP contribution is 2.24. The molecule has 0 bridgehead atoms. The van der Waals surface area contributed by atoms with Crippen molar-refractivity contribution in [2.75, 3.05) is 6.61 Å². The van der Waals surface area contributed by atoms with Gasteiger partial charge in [0.05, 0.1) is 6.61 Å². The molecule has 0 saturated carbocycles. The van der Waals surface area contributed by atoms with Crippen LogP contribution in [-0.4, -0.2) is 6.61 Å². The van der Waals surface area contributed by atoms with Gasteiger partial charge in [-0.1, -0.05) is 32.4 Å². The van der Waals surface area contributed by atoms with E-state index in [0.717, 1.165) is 38.0 Å². The van der Waals surface area contributed by atoms with Gasteiger partial charge in [0.15, 0.2) is 0 Å². The van der Waals surface area contributed by atoms with Gasteiger partial charge in [-0.15, -0.1) is 11.3 Å². The summed E-state index contributed by atoms with van der Waals surface area (Å²) < 4.78 is 5.68. The molecule has 1 unspecified atom stereocenters. The number of aryl methyl sites for hydroxylation is 1. The van der Waals surface area contributed by atoms with E-state index < -0.39 is 0 Å². The monoisotopic (exact) mass is 303 g/mol. The number of hydrogen-bond donors (Lipinski definition) is 1. The summed E-state index contributed by atoms with van der Waals surface area (Å²) in [4.78, 5) is 2.79. The van der Waals surface area contributed by atoms with E-state index in [0.29, 0.717) is 0 Å². The number of thiophene rings is 1. The van der Waals surface area contributed by atoms with Crippen molar-refractivity contribution in [1.82, 2.24) is 0 Å². The van der Waals surface area contributed by atoms with Crippen molar-refractivity contribution in [2.24, 2.45) is 5.73 Å². The molecule has 1 aromatic carbocycles. The molecule has 0 aliphatic carbocycles. The lowest BCUT2D eigenvalue weighted by Crippen LogP contribution is -2.12. The maximum absolute atomic E-state index is 6.32. The second-order valence-electron chi connectivity index (χ2n) is 5.30. The van der Waals surface area contributed by atoms with E-state index in [9.17, 15) is 0 Å². The Hall–Kier alpha value is -1.32.